The minimum Gasteiger partial charge on any atom is -0.493 e. The van der Waals surface area contributed by atoms with Crippen LogP contribution in [-0.2, 0) is 20.6 Å². The molecule has 3 rings (SSSR count). The molecule has 26 heavy (non-hydrogen) atoms. The number of benzene rings is 1. The van der Waals surface area contributed by atoms with E-state index in [9.17, 15) is 14.4 Å². The van der Waals surface area contributed by atoms with Crippen molar-refractivity contribution in [3.8, 4) is 11.5 Å². The summed E-state index contributed by atoms with van der Waals surface area (Å²) in [6.07, 6.45) is 1.38. The summed E-state index contributed by atoms with van der Waals surface area (Å²) in [6.45, 7) is -0.0978. The molecule has 0 atom stereocenters. The number of aromatic nitrogens is 4. The smallest absolute Gasteiger partial charge is 0.332 e. The maximum absolute atomic E-state index is 12.6. The second-order valence-electron chi connectivity index (χ2n) is 5.74. The highest BCUT2D eigenvalue weighted by molar-refractivity contribution is 5.97. The van der Waals surface area contributed by atoms with Gasteiger partial charge in [-0.1, -0.05) is 0 Å². The monoisotopic (exact) mass is 358 g/mol. The van der Waals surface area contributed by atoms with Gasteiger partial charge in [-0.2, -0.15) is 0 Å². The van der Waals surface area contributed by atoms with Crippen LogP contribution in [0.25, 0.3) is 11.2 Å². The molecule has 0 N–H and O–H groups in total. The zero-order chi connectivity index (χ0) is 19.0. The highest BCUT2D eigenvalue weighted by Crippen LogP contribution is 2.27. The molecule has 9 heteroatoms. The summed E-state index contributed by atoms with van der Waals surface area (Å²) >= 11 is 0. The molecule has 3 aromatic rings. The van der Waals surface area contributed by atoms with Gasteiger partial charge in [-0.15, -0.1) is 0 Å². The highest BCUT2D eigenvalue weighted by atomic mass is 16.5. The summed E-state index contributed by atoms with van der Waals surface area (Å²) in [7, 11) is 5.91. The first-order valence-electron chi connectivity index (χ1n) is 7.75. The number of carbonyl (C=O) groups is 1. The molecular formula is C17H18N4O5. The third kappa shape index (κ3) is 2.67. The minimum absolute atomic E-state index is 0.0978. The van der Waals surface area contributed by atoms with Crippen LogP contribution in [-0.4, -0.2) is 38.7 Å². The molecule has 0 saturated carbocycles. The van der Waals surface area contributed by atoms with Gasteiger partial charge in [0, 0.05) is 19.7 Å². The lowest BCUT2D eigenvalue weighted by Crippen LogP contribution is -2.37. The summed E-state index contributed by atoms with van der Waals surface area (Å²) < 4.78 is 14.1. The van der Waals surface area contributed by atoms with Gasteiger partial charge in [0.05, 0.1) is 27.1 Å². The van der Waals surface area contributed by atoms with Crippen LogP contribution < -0.4 is 20.7 Å². The van der Waals surface area contributed by atoms with Gasteiger partial charge in [-0.25, -0.2) is 9.78 Å². The predicted octanol–water partition coefficient (Wildman–Crippen LogP) is 0.334. The van der Waals surface area contributed by atoms with E-state index in [0.717, 1.165) is 4.57 Å². The molecule has 0 aliphatic rings. The number of ketones is 1. The number of imidazole rings is 1. The highest BCUT2D eigenvalue weighted by Gasteiger charge is 2.17. The Kier molecular flexibility index (Phi) is 4.37. The zero-order valence-corrected chi connectivity index (χ0v) is 14.8. The van der Waals surface area contributed by atoms with E-state index in [4.69, 9.17) is 9.47 Å². The molecular weight excluding hydrogens is 340 g/mol. The Balaban J connectivity index is 2.03. The van der Waals surface area contributed by atoms with Gasteiger partial charge in [0.2, 0.25) is 0 Å². The lowest BCUT2D eigenvalue weighted by molar-refractivity contribution is 0.0973. The molecule has 0 spiro atoms. The molecule has 2 aromatic heterocycles. The number of Topliss-reactive ketones (excluding diaryl/α,β-unsaturated/α-hetero) is 1. The van der Waals surface area contributed by atoms with Crippen molar-refractivity contribution in [3.05, 3.63) is 50.9 Å². The van der Waals surface area contributed by atoms with Crippen LogP contribution in [0.1, 0.15) is 10.4 Å². The van der Waals surface area contributed by atoms with Crippen molar-refractivity contribution in [1.82, 2.24) is 18.7 Å². The Morgan fingerprint density at radius 2 is 1.77 bits per heavy atom. The first kappa shape index (κ1) is 17.5. The van der Waals surface area contributed by atoms with Crippen LogP contribution >= 0.6 is 0 Å². The van der Waals surface area contributed by atoms with Gasteiger partial charge in [0.1, 0.15) is 0 Å². The number of nitrogens with zero attached hydrogens (tertiary/aromatic N) is 4. The van der Waals surface area contributed by atoms with Crippen LogP contribution in [0, 0.1) is 0 Å². The maximum atomic E-state index is 12.6. The van der Waals surface area contributed by atoms with Gasteiger partial charge in [0.15, 0.2) is 28.4 Å². The number of ether oxygens (including phenoxy) is 2. The Bertz CT molecular complexity index is 1120. The van der Waals surface area contributed by atoms with Crippen LogP contribution in [0.3, 0.4) is 0 Å². The fourth-order valence-corrected chi connectivity index (χ4v) is 2.77. The molecule has 0 bridgehead atoms. The lowest BCUT2D eigenvalue weighted by atomic mass is 10.1. The van der Waals surface area contributed by atoms with Crippen molar-refractivity contribution in [1.29, 1.82) is 0 Å². The zero-order valence-electron chi connectivity index (χ0n) is 14.8. The van der Waals surface area contributed by atoms with Gasteiger partial charge < -0.3 is 14.0 Å². The first-order chi connectivity index (χ1) is 12.4. The standard InChI is InChI=1S/C17H18N4O5/c1-19-15-14(16(23)20(2)17(19)24)21(9-18-15)8-11(22)10-5-6-12(25-3)13(7-10)26-4/h5-7,9H,8H2,1-4H3. The third-order valence-corrected chi connectivity index (χ3v) is 4.24. The predicted molar refractivity (Wildman–Crippen MR) is 94.1 cm³/mol. The van der Waals surface area contributed by atoms with Gasteiger partial charge in [-0.3, -0.25) is 18.7 Å². The van der Waals surface area contributed by atoms with Crippen molar-refractivity contribution in [2.75, 3.05) is 14.2 Å². The van der Waals surface area contributed by atoms with E-state index < -0.39 is 11.2 Å². The Labute approximate surface area is 148 Å². The average Bonchev–Trinajstić information content (AvgIpc) is 3.07. The lowest BCUT2D eigenvalue weighted by Gasteiger charge is -2.10. The molecule has 0 radical (unpaired) electrons. The van der Waals surface area contributed by atoms with E-state index >= 15 is 0 Å². The van der Waals surface area contributed by atoms with E-state index in [1.165, 1.54) is 43.8 Å². The van der Waals surface area contributed by atoms with E-state index in [1.807, 2.05) is 0 Å². The quantitative estimate of drug-likeness (QED) is 0.610. The Morgan fingerprint density at radius 1 is 1.08 bits per heavy atom. The number of carbonyl (C=O) groups excluding carboxylic acids is 1. The molecule has 0 fully saturated rings. The molecule has 0 aliphatic heterocycles. The minimum atomic E-state index is -0.499. The van der Waals surface area contributed by atoms with Crippen LogP contribution in [0.4, 0.5) is 0 Å². The largest absolute Gasteiger partial charge is 0.493 e. The molecule has 2 heterocycles. The number of hydrogen-bond acceptors (Lipinski definition) is 6. The Morgan fingerprint density at radius 3 is 2.42 bits per heavy atom. The van der Waals surface area contributed by atoms with E-state index in [1.54, 1.807) is 18.2 Å². The number of fused-ring (bicyclic) bond motifs is 1. The van der Waals surface area contributed by atoms with Crippen molar-refractivity contribution < 1.29 is 14.3 Å². The van der Waals surface area contributed by atoms with E-state index in [2.05, 4.69) is 4.98 Å². The van der Waals surface area contributed by atoms with Crippen molar-refractivity contribution in [2.45, 2.75) is 6.54 Å². The molecule has 0 amide bonds. The topological polar surface area (TPSA) is 97.4 Å². The van der Waals surface area contributed by atoms with Crippen LogP contribution in [0.2, 0.25) is 0 Å². The molecule has 9 nitrogen and oxygen atoms in total. The number of aryl methyl sites for hydroxylation is 1. The van der Waals surface area contributed by atoms with Gasteiger partial charge in [0.25, 0.3) is 5.56 Å². The summed E-state index contributed by atoms with van der Waals surface area (Å²) in [5.41, 5.74) is -0.132. The second kappa shape index (κ2) is 6.51. The molecule has 1 aromatic carbocycles. The maximum Gasteiger partial charge on any atom is 0.332 e. The molecule has 136 valence electrons. The summed E-state index contributed by atoms with van der Waals surface area (Å²) in [4.78, 5) is 41.2. The van der Waals surface area contributed by atoms with Crippen molar-refractivity contribution in [3.63, 3.8) is 0 Å². The van der Waals surface area contributed by atoms with E-state index in [-0.39, 0.29) is 23.5 Å². The number of hydrogen-bond donors (Lipinski definition) is 0. The van der Waals surface area contributed by atoms with Gasteiger partial charge >= 0.3 is 5.69 Å². The fourth-order valence-electron chi connectivity index (χ4n) is 2.77. The van der Waals surface area contributed by atoms with Gasteiger partial charge in [-0.05, 0) is 18.2 Å². The number of methoxy groups -OCH3 is 2. The summed E-state index contributed by atoms with van der Waals surface area (Å²) in [5, 5.41) is 0. The van der Waals surface area contributed by atoms with E-state index in [0.29, 0.717) is 17.1 Å². The molecule has 0 unspecified atom stereocenters. The Hall–Kier alpha value is -3.36. The SMILES string of the molecule is COc1ccc(C(=O)Cn2cnc3c2c(=O)n(C)c(=O)n3C)cc1OC. The first-order valence-corrected chi connectivity index (χ1v) is 7.75. The van der Waals surface area contributed by atoms with Crippen LogP contribution in [0.5, 0.6) is 11.5 Å². The third-order valence-electron chi connectivity index (χ3n) is 4.24. The summed E-state index contributed by atoms with van der Waals surface area (Å²) in [5.74, 6) is 0.717. The second-order valence-corrected chi connectivity index (χ2v) is 5.74. The van der Waals surface area contributed by atoms with Crippen molar-refractivity contribution >= 4 is 16.9 Å². The number of rotatable bonds is 5. The summed E-state index contributed by atoms with van der Waals surface area (Å²) in [6, 6.07) is 4.84. The van der Waals surface area contributed by atoms with Crippen LogP contribution in [0.15, 0.2) is 34.1 Å². The molecule has 0 aliphatic carbocycles. The van der Waals surface area contributed by atoms with Crippen molar-refractivity contribution in [2.24, 2.45) is 14.1 Å². The molecule has 0 saturated heterocycles. The normalized spacial score (nSPS) is 10.9. The average molecular weight is 358 g/mol. The fraction of sp³-hybridized carbons (Fsp3) is 0.294.